The molecule has 0 aromatic carbocycles. The highest BCUT2D eigenvalue weighted by Gasteiger charge is 2.32. The fraction of sp³-hybridized carbons (Fsp3) is 0.481. The van der Waals surface area contributed by atoms with Gasteiger partial charge in [-0.05, 0) is 24.8 Å². The number of nitrogens with zero attached hydrogens (tertiary/aromatic N) is 3. The van der Waals surface area contributed by atoms with E-state index in [2.05, 4.69) is 28.9 Å². The Kier molecular flexibility index (Phi) is 11.7. The summed E-state index contributed by atoms with van der Waals surface area (Å²) in [7, 11) is -3.17. The van der Waals surface area contributed by atoms with E-state index in [1.165, 1.54) is 40.5 Å². The maximum atomic E-state index is 13.4. The molecule has 3 aromatic heterocycles. The molecule has 0 saturated heterocycles. The van der Waals surface area contributed by atoms with Gasteiger partial charge in [0.05, 0.1) is 12.6 Å². The Morgan fingerprint density at radius 3 is 2.48 bits per heavy atom. The summed E-state index contributed by atoms with van der Waals surface area (Å²) >= 11 is 7.26. The number of ketones is 3. The topological polar surface area (TPSA) is 166 Å². The molecule has 0 spiro atoms. The molecule has 0 bridgehead atoms. The molecule has 0 fully saturated rings. The molecule has 0 aliphatic heterocycles. The molecule has 228 valence electrons. The van der Waals surface area contributed by atoms with Crippen molar-refractivity contribution in [1.82, 2.24) is 24.0 Å². The van der Waals surface area contributed by atoms with Gasteiger partial charge in [0.25, 0.3) is 21.5 Å². The van der Waals surface area contributed by atoms with Crippen molar-refractivity contribution in [3.63, 3.8) is 0 Å². The van der Waals surface area contributed by atoms with E-state index in [1.54, 1.807) is 5.38 Å². The minimum Gasteiger partial charge on any atom is -0.353 e. The number of sulfonamides is 1. The number of likely N-dealkylation sites (N-methyl/N-ethyl adjacent to an activating group) is 1. The van der Waals surface area contributed by atoms with Crippen molar-refractivity contribution in [2.24, 2.45) is 5.92 Å². The molecule has 1 atom stereocenters. The molecular weight excluding hydrogens is 606 g/mol. The Balaban J connectivity index is 1.83. The third-order valence-electron chi connectivity index (χ3n) is 7.06. The van der Waals surface area contributed by atoms with Crippen molar-refractivity contribution >= 4 is 61.2 Å². The Bertz CT molecular complexity index is 1620. The second kappa shape index (κ2) is 14.8. The van der Waals surface area contributed by atoms with Gasteiger partial charge in [0, 0.05) is 49.6 Å². The molecule has 0 saturated carbocycles. The van der Waals surface area contributed by atoms with Gasteiger partial charge in [0.15, 0.2) is 26.7 Å². The minimum atomic E-state index is -4.44. The largest absolute Gasteiger partial charge is 0.353 e. The van der Waals surface area contributed by atoms with Crippen LogP contribution in [0.5, 0.6) is 0 Å². The number of aromatic nitrogens is 3. The lowest BCUT2D eigenvalue weighted by Gasteiger charge is -2.18. The number of nitrogens with one attached hydrogen (secondary N) is 2. The summed E-state index contributed by atoms with van der Waals surface area (Å²) in [5, 5.41) is 3.11. The molecule has 0 radical (unpaired) electrons. The number of amides is 1. The van der Waals surface area contributed by atoms with Crippen LogP contribution < -0.4 is 15.6 Å². The fourth-order valence-corrected chi connectivity index (χ4v) is 7.23. The molecule has 0 aliphatic rings. The second-order valence-electron chi connectivity index (χ2n) is 9.85. The molecule has 12 nitrogen and oxygen atoms in total. The lowest BCUT2D eigenvalue weighted by Crippen LogP contribution is -2.43. The van der Waals surface area contributed by atoms with Crippen LogP contribution in [-0.4, -0.2) is 58.7 Å². The predicted molar refractivity (Wildman–Crippen MR) is 158 cm³/mol. The third kappa shape index (κ3) is 8.21. The molecule has 0 aliphatic carbocycles. The van der Waals surface area contributed by atoms with Crippen LogP contribution in [0.2, 0.25) is 5.15 Å². The van der Waals surface area contributed by atoms with Gasteiger partial charge in [-0.2, -0.15) is 4.72 Å². The van der Waals surface area contributed by atoms with Crippen molar-refractivity contribution in [2.45, 2.75) is 76.4 Å². The van der Waals surface area contributed by atoms with Gasteiger partial charge in [-0.15, -0.1) is 11.3 Å². The quantitative estimate of drug-likeness (QED) is 0.213. The minimum absolute atomic E-state index is 0.0553. The Morgan fingerprint density at radius 1 is 1.10 bits per heavy atom. The number of pyridine rings is 1. The Hall–Kier alpha value is -3.20. The number of halogens is 1. The average Bonchev–Trinajstić information content (AvgIpc) is 3.52. The van der Waals surface area contributed by atoms with Gasteiger partial charge in [-0.25, -0.2) is 13.4 Å². The molecule has 3 rings (SSSR count). The molecule has 3 aromatic rings. The second-order valence-corrected chi connectivity index (χ2v) is 12.7. The summed E-state index contributed by atoms with van der Waals surface area (Å²) < 4.78 is 31.5. The smallest absolute Gasteiger partial charge is 0.287 e. The summed E-state index contributed by atoms with van der Waals surface area (Å²) in [5.74, 6) is -2.11. The zero-order valence-electron chi connectivity index (χ0n) is 23.6. The van der Waals surface area contributed by atoms with Crippen LogP contribution in [0.1, 0.15) is 57.9 Å². The standard InChI is InChI=1S/C27H34ClN5O7S2/c1-4-17(5-2)8-9-19(34)16-32-12-6-7-18(25(32)38)15-22(36)20(10-11-21(35)24(37)29-3)31-42(39,40)26-23(28)30-27-33(26)13-14-41-27/h6-7,12-14,17,20,31H,4-5,8-11,15-16H2,1-3H3,(H,29,37)/t20-/m0/s1. The maximum Gasteiger partial charge on any atom is 0.287 e. The van der Waals surface area contributed by atoms with Crippen LogP contribution in [0.15, 0.2) is 39.7 Å². The number of thiazole rings is 1. The number of hydrogen-bond donors (Lipinski definition) is 2. The van der Waals surface area contributed by atoms with Crippen LogP contribution >= 0.6 is 22.9 Å². The highest BCUT2D eigenvalue weighted by Crippen LogP contribution is 2.26. The number of Topliss-reactive ketones (excluding diaryl/α,β-unsaturated/α-hetero) is 3. The van der Waals surface area contributed by atoms with E-state index in [0.29, 0.717) is 17.3 Å². The van der Waals surface area contributed by atoms with E-state index in [1.807, 2.05) is 0 Å². The molecule has 15 heteroatoms. The first-order valence-electron chi connectivity index (χ1n) is 13.5. The van der Waals surface area contributed by atoms with E-state index in [9.17, 15) is 32.4 Å². The first-order chi connectivity index (χ1) is 19.9. The zero-order valence-corrected chi connectivity index (χ0v) is 26.0. The molecule has 3 heterocycles. The summed E-state index contributed by atoms with van der Waals surface area (Å²) in [6.07, 6.45) is 4.66. The molecular formula is C27H34ClN5O7S2. The van der Waals surface area contributed by atoms with Gasteiger partial charge in [0.1, 0.15) is 0 Å². The summed E-state index contributed by atoms with van der Waals surface area (Å²) in [6.45, 7) is 3.99. The van der Waals surface area contributed by atoms with Crippen molar-refractivity contribution in [3.05, 3.63) is 51.0 Å². The van der Waals surface area contributed by atoms with Crippen LogP contribution in [0.4, 0.5) is 0 Å². The third-order valence-corrected chi connectivity index (χ3v) is 9.68. The highest BCUT2D eigenvalue weighted by atomic mass is 35.5. The predicted octanol–water partition coefficient (Wildman–Crippen LogP) is 2.55. The summed E-state index contributed by atoms with van der Waals surface area (Å²) in [4.78, 5) is 67.3. The van der Waals surface area contributed by atoms with Crippen molar-refractivity contribution in [2.75, 3.05) is 7.05 Å². The lowest BCUT2D eigenvalue weighted by atomic mass is 9.96. The van der Waals surface area contributed by atoms with Crippen LogP contribution in [0.25, 0.3) is 4.96 Å². The van der Waals surface area contributed by atoms with Gasteiger partial charge in [-0.1, -0.05) is 44.4 Å². The Labute approximate surface area is 252 Å². The molecule has 1 amide bonds. The van der Waals surface area contributed by atoms with E-state index in [-0.39, 0.29) is 34.5 Å². The van der Waals surface area contributed by atoms with E-state index in [0.717, 1.165) is 30.6 Å². The highest BCUT2D eigenvalue weighted by molar-refractivity contribution is 7.89. The van der Waals surface area contributed by atoms with Crippen LogP contribution in [0.3, 0.4) is 0 Å². The van der Waals surface area contributed by atoms with Crippen LogP contribution in [0, 0.1) is 5.92 Å². The van der Waals surface area contributed by atoms with E-state index >= 15 is 0 Å². The van der Waals surface area contributed by atoms with Crippen molar-refractivity contribution in [3.8, 4) is 0 Å². The fourth-order valence-electron chi connectivity index (χ4n) is 4.52. The number of carbonyl (C=O) groups excluding carboxylic acids is 4. The summed E-state index contributed by atoms with van der Waals surface area (Å²) in [5.41, 5.74) is -0.497. The number of carbonyl (C=O) groups is 4. The molecule has 42 heavy (non-hydrogen) atoms. The first kappa shape index (κ1) is 33.3. The average molecular weight is 640 g/mol. The van der Waals surface area contributed by atoms with Gasteiger partial charge in [-0.3, -0.25) is 28.4 Å². The number of fused-ring (bicyclic) bond motifs is 1. The molecule has 2 N–H and O–H groups in total. The SMILES string of the molecule is CCC(CC)CCC(=O)Cn1cccc(CC(=O)[C@H](CCC(=O)C(=O)NC)NS(=O)(=O)c2c(Cl)nc3sccn23)c1=O. The Morgan fingerprint density at radius 2 is 1.81 bits per heavy atom. The monoisotopic (exact) mass is 639 g/mol. The van der Waals surface area contributed by atoms with E-state index < -0.39 is 51.9 Å². The number of rotatable bonds is 17. The van der Waals surface area contributed by atoms with Crippen molar-refractivity contribution in [1.29, 1.82) is 0 Å². The molecule has 0 unspecified atom stereocenters. The number of hydrogen-bond acceptors (Lipinski definition) is 9. The first-order valence-corrected chi connectivity index (χ1v) is 16.3. The van der Waals surface area contributed by atoms with Gasteiger partial charge >= 0.3 is 0 Å². The summed E-state index contributed by atoms with van der Waals surface area (Å²) in [6, 6.07) is 1.49. The van der Waals surface area contributed by atoms with Crippen molar-refractivity contribution < 1.29 is 27.6 Å². The normalized spacial score (nSPS) is 12.5. The van der Waals surface area contributed by atoms with Crippen LogP contribution in [-0.2, 0) is 42.2 Å². The maximum absolute atomic E-state index is 13.4. The van der Waals surface area contributed by atoms with Gasteiger partial charge < -0.3 is 9.88 Å². The lowest BCUT2D eigenvalue weighted by molar-refractivity contribution is -0.137. The van der Waals surface area contributed by atoms with Gasteiger partial charge in [0.2, 0.25) is 5.78 Å². The number of imidazole rings is 1. The zero-order chi connectivity index (χ0) is 31.0. The van der Waals surface area contributed by atoms with E-state index in [4.69, 9.17) is 11.6 Å².